The van der Waals surface area contributed by atoms with E-state index in [1.807, 2.05) is 18.2 Å². The van der Waals surface area contributed by atoms with E-state index in [4.69, 9.17) is 14.2 Å². The van der Waals surface area contributed by atoms with Crippen LogP contribution in [0.1, 0.15) is 6.92 Å². The molecule has 7 nitrogen and oxygen atoms in total. The third-order valence-electron chi connectivity index (χ3n) is 3.85. The number of anilines is 2. The molecule has 2 aromatic carbocycles. The van der Waals surface area contributed by atoms with Gasteiger partial charge in [0, 0.05) is 15.9 Å². The Morgan fingerprint density at radius 3 is 2.52 bits per heavy atom. The smallest absolute Gasteiger partial charge is 0.420 e. The predicted molar refractivity (Wildman–Crippen MR) is 106 cm³/mol. The number of carbonyl (C=O) groups excluding carboxylic acids is 1. The molecule has 0 bridgehead atoms. The van der Waals surface area contributed by atoms with Gasteiger partial charge in [0.2, 0.25) is 0 Å². The van der Waals surface area contributed by atoms with Crippen LogP contribution in [-0.2, 0) is 4.74 Å². The van der Waals surface area contributed by atoms with Crippen LogP contribution in [0.3, 0.4) is 0 Å². The molecule has 0 atom stereocenters. The minimum Gasteiger partial charge on any atom is -0.493 e. The summed E-state index contributed by atoms with van der Waals surface area (Å²) < 4.78 is 16.8. The first kappa shape index (κ1) is 18.9. The Labute approximate surface area is 165 Å². The molecule has 0 saturated heterocycles. The largest absolute Gasteiger partial charge is 0.493 e. The van der Waals surface area contributed by atoms with Gasteiger partial charge in [0.1, 0.15) is 6.33 Å². The fraction of sp³-hybridized carbons (Fsp3) is 0.211. The molecule has 0 radical (unpaired) electrons. The number of ether oxygens (including phenoxy) is 3. The van der Waals surface area contributed by atoms with Crippen molar-refractivity contribution in [3.05, 3.63) is 47.2 Å². The number of halogens is 1. The van der Waals surface area contributed by atoms with Crippen LogP contribution in [0.25, 0.3) is 10.9 Å². The minimum atomic E-state index is -0.537. The maximum absolute atomic E-state index is 12.7. The van der Waals surface area contributed by atoms with Gasteiger partial charge in [-0.15, -0.1) is 0 Å². The van der Waals surface area contributed by atoms with E-state index in [0.717, 1.165) is 4.47 Å². The van der Waals surface area contributed by atoms with Crippen LogP contribution in [0.5, 0.6) is 11.5 Å². The van der Waals surface area contributed by atoms with E-state index in [-0.39, 0.29) is 6.61 Å². The standard InChI is InChI=1S/C19H18BrN3O4/c1-4-27-19(24)23(13-7-5-6-12(20)8-13)18-14-9-16(25-2)17(26-3)10-15(14)21-11-22-18/h5-11H,4H2,1-3H3. The number of methoxy groups -OCH3 is 2. The highest BCUT2D eigenvalue weighted by Gasteiger charge is 2.24. The second-order valence-electron chi connectivity index (χ2n) is 5.44. The summed E-state index contributed by atoms with van der Waals surface area (Å²) in [5, 5.41) is 0.628. The summed E-state index contributed by atoms with van der Waals surface area (Å²) in [6.07, 6.45) is 0.860. The van der Waals surface area contributed by atoms with Gasteiger partial charge in [0.05, 0.1) is 32.0 Å². The van der Waals surface area contributed by atoms with E-state index < -0.39 is 6.09 Å². The number of rotatable bonds is 5. The van der Waals surface area contributed by atoms with Crippen molar-refractivity contribution >= 4 is 44.4 Å². The van der Waals surface area contributed by atoms with Crippen molar-refractivity contribution in [1.29, 1.82) is 0 Å². The average Bonchev–Trinajstić information content (AvgIpc) is 2.67. The SMILES string of the molecule is CCOC(=O)N(c1cccc(Br)c1)c1ncnc2cc(OC)c(OC)cc12. The van der Waals surface area contributed by atoms with Crippen LogP contribution in [-0.4, -0.2) is 36.9 Å². The molecule has 0 spiro atoms. The lowest BCUT2D eigenvalue weighted by atomic mass is 10.2. The third kappa shape index (κ3) is 3.80. The number of hydrogen-bond acceptors (Lipinski definition) is 6. The molecule has 0 fully saturated rings. The van der Waals surface area contributed by atoms with E-state index in [1.54, 1.807) is 39.3 Å². The lowest BCUT2D eigenvalue weighted by Crippen LogP contribution is -2.28. The molecule has 3 rings (SSSR count). The Morgan fingerprint density at radius 1 is 1.11 bits per heavy atom. The van der Waals surface area contributed by atoms with Crippen LogP contribution in [0, 0.1) is 0 Å². The molecule has 1 amide bonds. The zero-order chi connectivity index (χ0) is 19.4. The maximum Gasteiger partial charge on any atom is 0.420 e. The molecule has 0 N–H and O–H groups in total. The zero-order valence-corrected chi connectivity index (χ0v) is 16.7. The summed E-state index contributed by atoms with van der Waals surface area (Å²) in [5.74, 6) is 1.44. The molecular formula is C19H18BrN3O4. The number of fused-ring (bicyclic) bond motifs is 1. The van der Waals surface area contributed by atoms with Gasteiger partial charge in [-0.25, -0.2) is 19.7 Å². The van der Waals surface area contributed by atoms with Crippen LogP contribution in [0.4, 0.5) is 16.3 Å². The Balaban J connectivity index is 2.25. The lowest BCUT2D eigenvalue weighted by molar-refractivity contribution is 0.162. The molecule has 0 aliphatic rings. The normalized spacial score (nSPS) is 10.5. The van der Waals surface area contributed by atoms with Gasteiger partial charge in [-0.1, -0.05) is 22.0 Å². The van der Waals surface area contributed by atoms with Crippen molar-refractivity contribution in [2.24, 2.45) is 0 Å². The van der Waals surface area contributed by atoms with Gasteiger partial charge >= 0.3 is 6.09 Å². The van der Waals surface area contributed by atoms with Crippen molar-refractivity contribution < 1.29 is 19.0 Å². The number of hydrogen-bond donors (Lipinski definition) is 0. The summed E-state index contributed by atoms with van der Waals surface area (Å²) in [4.78, 5) is 22.8. The number of amides is 1. The highest BCUT2D eigenvalue weighted by molar-refractivity contribution is 9.10. The molecule has 0 aliphatic carbocycles. The first-order chi connectivity index (χ1) is 13.1. The van der Waals surface area contributed by atoms with Crippen molar-refractivity contribution in [1.82, 2.24) is 9.97 Å². The first-order valence-electron chi connectivity index (χ1n) is 8.18. The minimum absolute atomic E-state index is 0.240. The molecule has 0 unspecified atom stereocenters. The zero-order valence-electron chi connectivity index (χ0n) is 15.1. The molecule has 1 aromatic heterocycles. The molecule has 8 heteroatoms. The van der Waals surface area contributed by atoms with Gasteiger partial charge in [-0.3, -0.25) is 0 Å². The second-order valence-corrected chi connectivity index (χ2v) is 6.35. The highest BCUT2D eigenvalue weighted by atomic mass is 79.9. The van der Waals surface area contributed by atoms with Crippen molar-refractivity contribution in [3.63, 3.8) is 0 Å². The Morgan fingerprint density at radius 2 is 1.85 bits per heavy atom. The van der Waals surface area contributed by atoms with E-state index in [9.17, 15) is 4.79 Å². The monoisotopic (exact) mass is 431 g/mol. The molecule has 3 aromatic rings. The highest BCUT2D eigenvalue weighted by Crippen LogP contribution is 2.37. The number of carbonyl (C=O) groups is 1. The maximum atomic E-state index is 12.7. The topological polar surface area (TPSA) is 73.8 Å². The number of nitrogens with zero attached hydrogens (tertiary/aromatic N) is 3. The summed E-state index contributed by atoms with van der Waals surface area (Å²) >= 11 is 3.43. The number of benzene rings is 2. The van der Waals surface area contributed by atoms with Crippen LogP contribution in [0.15, 0.2) is 47.2 Å². The third-order valence-corrected chi connectivity index (χ3v) is 4.34. The quantitative estimate of drug-likeness (QED) is 0.582. The van der Waals surface area contributed by atoms with E-state index >= 15 is 0 Å². The fourth-order valence-electron chi connectivity index (χ4n) is 2.67. The van der Waals surface area contributed by atoms with Gasteiger partial charge in [0.15, 0.2) is 17.3 Å². The van der Waals surface area contributed by atoms with Gasteiger partial charge < -0.3 is 14.2 Å². The molecule has 140 valence electrons. The second kappa shape index (κ2) is 8.22. The molecule has 1 heterocycles. The van der Waals surface area contributed by atoms with Gasteiger partial charge in [-0.05, 0) is 31.2 Å². The molecule has 0 saturated carbocycles. The van der Waals surface area contributed by atoms with Gasteiger partial charge in [0.25, 0.3) is 0 Å². The van der Waals surface area contributed by atoms with Gasteiger partial charge in [-0.2, -0.15) is 0 Å². The van der Waals surface area contributed by atoms with Crippen LogP contribution < -0.4 is 14.4 Å². The lowest BCUT2D eigenvalue weighted by Gasteiger charge is -2.22. The van der Waals surface area contributed by atoms with Crippen LogP contribution in [0.2, 0.25) is 0 Å². The predicted octanol–water partition coefficient (Wildman–Crippen LogP) is 4.70. The summed E-state index contributed by atoms with van der Waals surface area (Å²) in [6, 6.07) is 10.8. The summed E-state index contributed by atoms with van der Waals surface area (Å²) in [5.41, 5.74) is 1.22. The molecule has 0 aliphatic heterocycles. The number of aromatic nitrogens is 2. The fourth-order valence-corrected chi connectivity index (χ4v) is 3.05. The first-order valence-corrected chi connectivity index (χ1v) is 8.97. The van der Waals surface area contributed by atoms with Crippen molar-refractivity contribution in [2.45, 2.75) is 6.92 Å². The van der Waals surface area contributed by atoms with E-state index in [2.05, 4.69) is 25.9 Å². The Kier molecular flexibility index (Phi) is 5.75. The summed E-state index contributed by atoms with van der Waals surface area (Å²) in [6.45, 7) is 1.99. The molecule has 27 heavy (non-hydrogen) atoms. The van der Waals surface area contributed by atoms with E-state index in [0.29, 0.717) is 33.9 Å². The Bertz CT molecular complexity index is 980. The molecular weight excluding hydrogens is 414 g/mol. The summed E-state index contributed by atoms with van der Waals surface area (Å²) in [7, 11) is 3.10. The van der Waals surface area contributed by atoms with Crippen LogP contribution >= 0.6 is 15.9 Å². The average molecular weight is 432 g/mol. The van der Waals surface area contributed by atoms with E-state index in [1.165, 1.54) is 11.2 Å². The van der Waals surface area contributed by atoms with Crippen molar-refractivity contribution in [3.8, 4) is 11.5 Å². The Hall–Kier alpha value is -2.87. The van der Waals surface area contributed by atoms with Crippen molar-refractivity contribution in [2.75, 3.05) is 25.7 Å².